The summed E-state index contributed by atoms with van der Waals surface area (Å²) in [6.07, 6.45) is -6.44. The molecule has 0 fully saturated rings. The van der Waals surface area contributed by atoms with Gasteiger partial charge in [0.2, 0.25) is 0 Å². The third-order valence-corrected chi connectivity index (χ3v) is 0.983. The molecule has 0 unspecified atom stereocenters. The van der Waals surface area contributed by atoms with Crippen molar-refractivity contribution < 1.29 is 35.1 Å². The van der Waals surface area contributed by atoms with Gasteiger partial charge < -0.3 is 0 Å². The molecule has 0 spiro atoms. The predicted molar refractivity (Wildman–Crippen MR) is 36.2 cm³/mol. The molecular formula is C4H4F8K2. The van der Waals surface area contributed by atoms with Gasteiger partial charge in [0.05, 0.1) is 0 Å². The Morgan fingerprint density at radius 2 is 1.00 bits per heavy atom. The second-order valence-corrected chi connectivity index (χ2v) is 1.91. The maximum absolute atomic E-state index is 11.6. The van der Waals surface area contributed by atoms with Gasteiger partial charge in [0.15, 0.2) is 6.67 Å². The molecule has 0 radical (unpaired) electrons. The van der Waals surface area contributed by atoms with Crippen molar-refractivity contribution >= 4 is 103 Å². The Labute approximate surface area is 159 Å². The van der Waals surface area contributed by atoms with Crippen LogP contribution in [0.25, 0.3) is 0 Å². The van der Waals surface area contributed by atoms with Crippen molar-refractivity contribution in [2.75, 3.05) is 6.67 Å². The summed E-state index contributed by atoms with van der Waals surface area (Å²) in [6.45, 7) is -3.06. The standard InChI is InChI=1S/C4H2F8.2K.2H/c5-1-2(6,7)3(8,9)4(10,11)12;;;;/h1H2;;;;. The van der Waals surface area contributed by atoms with Gasteiger partial charge in [-0.25, -0.2) is 4.39 Å². The Morgan fingerprint density at radius 3 is 1.07 bits per heavy atom. The zero-order valence-electron chi connectivity index (χ0n) is 5.23. The molecule has 0 rings (SSSR count). The zero-order valence-corrected chi connectivity index (χ0v) is 5.23. The van der Waals surface area contributed by atoms with E-state index in [1.54, 1.807) is 0 Å². The van der Waals surface area contributed by atoms with E-state index in [1.807, 2.05) is 0 Å². The molecule has 0 nitrogen and oxygen atoms in total. The summed E-state index contributed by atoms with van der Waals surface area (Å²) in [7, 11) is 0. The molecule has 0 bridgehead atoms. The van der Waals surface area contributed by atoms with Gasteiger partial charge in [-0.2, -0.15) is 30.7 Å². The average Bonchev–Trinajstić information content (AvgIpc) is 1.85. The SMILES string of the molecule is FCC(F)(F)C(F)(F)C(F)(F)F.[KH].[KH]. The van der Waals surface area contributed by atoms with Crippen LogP contribution >= 0.6 is 0 Å². The minimum atomic E-state index is -6.44. The molecule has 0 heterocycles. The molecular weight excluding hydrogens is 278 g/mol. The number of alkyl halides is 8. The summed E-state index contributed by atoms with van der Waals surface area (Å²) in [6, 6.07) is 0. The van der Waals surface area contributed by atoms with E-state index in [9.17, 15) is 35.1 Å². The Morgan fingerprint density at radius 1 is 0.714 bits per heavy atom. The predicted octanol–water partition coefficient (Wildman–Crippen LogP) is 1.49. The van der Waals surface area contributed by atoms with Crippen LogP contribution in [0.1, 0.15) is 0 Å². The van der Waals surface area contributed by atoms with Crippen LogP contribution in [-0.2, 0) is 0 Å². The Balaban J connectivity index is -0.000000605. The first-order chi connectivity index (χ1) is 5.06. The van der Waals surface area contributed by atoms with E-state index in [4.69, 9.17) is 0 Å². The van der Waals surface area contributed by atoms with Crippen LogP contribution in [0, 0.1) is 0 Å². The van der Waals surface area contributed by atoms with E-state index in [0.717, 1.165) is 0 Å². The molecule has 0 aromatic heterocycles. The second kappa shape index (κ2) is 7.21. The molecule has 0 N–H and O–H groups in total. The molecule has 14 heavy (non-hydrogen) atoms. The van der Waals surface area contributed by atoms with Crippen LogP contribution < -0.4 is 0 Å². The molecule has 0 saturated carbocycles. The van der Waals surface area contributed by atoms with Crippen LogP contribution in [0.5, 0.6) is 0 Å². The molecule has 0 aliphatic heterocycles. The summed E-state index contributed by atoms with van der Waals surface area (Å²) in [5, 5.41) is 0. The third kappa shape index (κ3) is 4.92. The Hall–Kier alpha value is 2.71. The van der Waals surface area contributed by atoms with E-state index in [2.05, 4.69) is 0 Å². The fraction of sp³-hybridized carbons (Fsp3) is 1.00. The fourth-order valence-corrected chi connectivity index (χ4v) is 0.291. The van der Waals surface area contributed by atoms with E-state index in [0.29, 0.717) is 0 Å². The second-order valence-electron chi connectivity index (χ2n) is 1.91. The van der Waals surface area contributed by atoms with Gasteiger partial charge in [-0.3, -0.25) is 0 Å². The first kappa shape index (κ1) is 21.9. The van der Waals surface area contributed by atoms with Crippen molar-refractivity contribution in [1.29, 1.82) is 0 Å². The molecule has 0 amide bonds. The zero-order chi connectivity index (χ0) is 10.2. The normalized spacial score (nSPS) is 12.9. The molecule has 0 aliphatic rings. The summed E-state index contributed by atoms with van der Waals surface area (Å²) < 4.78 is 90.8. The minimum absolute atomic E-state index is 0. The van der Waals surface area contributed by atoms with Crippen LogP contribution in [0.2, 0.25) is 0 Å². The van der Waals surface area contributed by atoms with E-state index in [-0.39, 0.29) is 103 Å². The number of hydrogen-bond donors (Lipinski definition) is 0. The fourth-order valence-electron chi connectivity index (χ4n) is 0.291. The molecule has 0 atom stereocenters. The van der Waals surface area contributed by atoms with E-state index in [1.165, 1.54) is 0 Å². The van der Waals surface area contributed by atoms with Crippen LogP contribution in [0.15, 0.2) is 0 Å². The van der Waals surface area contributed by atoms with Crippen LogP contribution in [0.3, 0.4) is 0 Å². The topological polar surface area (TPSA) is 0 Å². The summed E-state index contributed by atoms with van der Waals surface area (Å²) in [4.78, 5) is 0. The van der Waals surface area contributed by atoms with Crippen molar-refractivity contribution in [3.63, 3.8) is 0 Å². The van der Waals surface area contributed by atoms with Gasteiger partial charge in [0.1, 0.15) is 0 Å². The van der Waals surface area contributed by atoms with Gasteiger partial charge in [-0.05, 0) is 0 Å². The first-order valence-electron chi connectivity index (χ1n) is 2.44. The van der Waals surface area contributed by atoms with Crippen LogP contribution in [-0.4, -0.2) is 127 Å². The first-order valence-corrected chi connectivity index (χ1v) is 2.44. The number of hydrogen-bond acceptors (Lipinski definition) is 0. The molecule has 0 aliphatic carbocycles. The molecule has 0 aromatic carbocycles. The number of rotatable bonds is 2. The van der Waals surface area contributed by atoms with Gasteiger partial charge in [0.25, 0.3) is 0 Å². The third-order valence-electron chi connectivity index (χ3n) is 0.983. The van der Waals surface area contributed by atoms with Gasteiger partial charge in [0, 0.05) is 0 Å². The van der Waals surface area contributed by atoms with Crippen LogP contribution in [0.4, 0.5) is 35.1 Å². The van der Waals surface area contributed by atoms with Gasteiger partial charge in [-0.1, -0.05) is 0 Å². The number of halogens is 8. The van der Waals surface area contributed by atoms with Crippen molar-refractivity contribution in [3.05, 3.63) is 0 Å². The molecule has 0 aromatic rings. The van der Waals surface area contributed by atoms with Crippen molar-refractivity contribution in [3.8, 4) is 0 Å². The Kier molecular flexibility index (Phi) is 11.3. The quantitative estimate of drug-likeness (QED) is 0.532. The van der Waals surface area contributed by atoms with E-state index >= 15 is 0 Å². The maximum atomic E-state index is 11.6. The molecule has 10 heteroatoms. The summed E-state index contributed by atoms with van der Waals surface area (Å²) in [5.41, 5.74) is 0. The van der Waals surface area contributed by atoms with Crippen molar-refractivity contribution in [2.24, 2.45) is 0 Å². The summed E-state index contributed by atoms with van der Waals surface area (Å²) in [5.74, 6) is -12.0. The van der Waals surface area contributed by atoms with Crippen molar-refractivity contribution in [2.45, 2.75) is 18.0 Å². The molecule has 78 valence electrons. The molecule has 0 saturated heterocycles. The average molecular weight is 282 g/mol. The Bertz CT molecular complexity index is 163. The van der Waals surface area contributed by atoms with Gasteiger partial charge in [-0.15, -0.1) is 0 Å². The van der Waals surface area contributed by atoms with E-state index < -0.39 is 24.7 Å². The van der Waals surface area contributed by atoms with Crippen molar-refractivity contribution in [1.82, 2.24) is 0 Å². The van der Waals surface area contributed by atoms with Gasteiger partial charge >= 0.3 is 121 Å². The monoisotopic (exact) mass is 282 g/mol. The summed E-state index contributed by atoms with van der Waals surface area (Å²) >= 11 is 0.